The van der Waals surface area contributed by atoms with Gasteiger partial charge in [0.25, 0.3) is 5.01 Å². The molecule has 0 unspecified atom stereocenters. The van der Waals surface area contributed by atoms with Crippen molar-refractivity contribution >= 4 is 23.5 Å². The molecule has 2 aromatic carbocycles. The zero-order valence-electron chi connectivity index (χ0n) is 13.8. The van der Waals surface area contributed by atoms with Gasteiger partial charge >= 0.3 is 0 Å². The third kappa shape index (κ3) is 4.24. The van der Waals surface area contributed by atoms with Crippen LogP contribution >= 0.6 is 11.3 Å². The van der Waals surface area contributed by atoms with Crippen molar-refractivity contribution in [2.24, 2.45) is 0 Å². The zero-order chi connectivity index (χ0) is 16.1. The lowest BCUT2D eigenvalue weighted by atomic mass is 10.2. The van der Waals surface area contributed by atoms with Crippen LogP contribution in [-0.4, -0.2) is 7.11 Å². The number of hydrogen-bond acceptors (Lipinski definition) is 2. The van der Waals surface area contributed by atoms with Crippen LogP contribution in [0.5, 0.6) is 5.75 Å². The van der Waals surface area contributed by atoms with Crippen molar-refractivity contribution in [3.63, 3.8) is 0 Å². The molecule has 0 spiro atoms. The van der Waals surface area contributed by atoms with Gasteiger partial charge in [-0.1, -0.05) is 41.7 Å². The second-order valence-electron chi connectivity index (χ2n) is 5.18. The maximum Gasteiger partial charge on any atom is 0.262 e. The first kappa shape index (κ1) is 18.7. The van der Waals surface area contributed by atoms with E-state index in [4.69, 9.17) is 4.74 Å². The van der Waals surface area contributed by atoms with Crippen LogP contribution in [0.4, 0.5) is 0 Å². The summed E-state index contributed by atoms with van der Waals surface area (Å²) in [6.07, 6.45) is 4.33. The first-order valence-corrected chi connectivity index (χ1v) is 8.58. The van der Waals surface area contributed by atoms with E-state index in [1.807, 2.05) is 12.1 Å². The van der Waals surface area contributed by atoms with Crippen LogP contribution in [0.3, 0.4) is 0 Å². The number of rotatable bonds is 5. The van der Waals surface area contributed by atoms with Gasteiger partial charge in [0.1, 0.15) is 12.3 Å². The Bertz CT molecular complexity index is 794. The fourth-order valence-corrected chi connectivity index (χ4v) is 3.53. The molecule has 0 saturated carbocycles. The van der Waals surface area contributed by atoms with Gasteiger partial charge in [0.15, 0.2) is 0 Å². The molecule has 0 atom stereocenters. The van der Waals surface area contributed by atoms with Gasteiger partial charge < -0.3 is 28.7 Å². The molecular weight excluding hydrogens is 429 g/mol. The van der Waals surface area contributed by atoms with E-state index in [0.29, 0.717) is 0 Å². The number of hydrogen-bond donors (Lipinski definition) is 0. The molecule has 4 heteroatoms. The van der Waals surface area contributed by atoms with Crippen LogP contribution < -0.4 is 33.3 Å². The lowest BCUT2D eigenvalue weighted by Crippen LogP contribution is -3.00. The maximum absolute atomic E-state index is 5.19. The molecule has 0 fully saturated rings. The summed E-state index contributed by atoms with van der Waals surface area (Å²) in [6.45, 7) is 3.14. The number of thiazole rings is 1. The summed E-state index contributed by atoms with van der Waals surface area (Å²) >= 11 is 1.77. The van der Waals surface area contributed by atoms with E-state index in [1.165, 1.54) is 21.8 Å². The lowest BCUT2D eigenvalue weighted by Gasteiger charge is -1.99. The molecule has 124 valence electrons. The summed E-state index contributed by atoms with van der Waals surface area (Å²) in [5, 5.41) is 3.48. The lowest BCUT2D eigenvalue weighted by molar-refractivity contribution is -0.679. The van der Waals surface area contributed by atoms with Gasteiger partial charge in [0, 0.05) is 11.6 Å². The SMILES string of the molecule is CC[n+]1c(-c2ccccc2)csc1C=Cc1ccc(OC)cc1.[I-]. The summed E-state index contributed by atoms with van der Waals surface area (Å²) in [5.74, 6) is 0.883. The molecule has 2 nitrogen and oxygen atoms in total. The fraction of sp³-hybridized carbons (Fsp3) is 0.150. The van der Waals surface area contributed by atoms with Crippen LogP contribution in [0.2, 0.25) is 0 Å². The minimum Gasteiger partial charge on any atom is -1.00 e. The first-order chi connectivity index (χ1) is 11.3. The molecule has 0 aliphatic heterocycles. The van der Waals surface area contributed by atoms with E-state index in [9.17, 15) is 0 Å². The Morgan fingerprint density at radius 1 is 1.00 bits per heavy atom. The molecule has 3 aromatic rings. The summed E-state index contributed by atoms with van der Waals surface area (Å²) in [7, 11) is 1.69. The molecule has 0 bridgehead atoms. The number of ether oxygens (including phenoxy) is 1. The van der Waals surface area contributed by atoms with Crippen LogP contribution in [-0.2, 0) is 6.54 Å². The third-order valence-corrected chi connectivity index (χ3v) is 4.71. The first-order valence-electron chi connectivity index (χ1n) is 7.70. The van der Waals surface area contributed by atoms with E-state index in [1.54, 1.807) is 18.4 Å². The Kier molecular flexibility index (Phi) is 6.99. The van der Waals surface area contributed by atoms with Crippen molar-refractivity contribution in [2.45, 2.75) is 13.5 Å². The maximum atomic E-state index is 5.19. The minimum atomic E-state index is 0. The molecule has 0 N–H and O–H groups in total. The zero-order valence-corrected chi connectivity index (χ0v) is 16.8. The average molecular weight is 449 g/mol. The predicted molar refractivity (Wildman–Crippen MR) is 97.5 cm³/mol. The van der Waals surface area contributed by atoms with Gasteiger partial charge in [-0.05, 0) is 42.8 Å². The molecule has 0 saturated heterocycles. The van der Waals surface area contributed by atoms with Crippen LogP contribution in [0.1, 0.15) is 17.5 Å². The highest BCUT2D eigenvalue weighted by molar-refractivity contribution is 7.10. The molecule has 0 aliphatic rings. The fourth-order valence-electron chi connectivity index (χ4n) is 2.53. The van der Waals surface area contributed by atoms with Crippen LogP contribution in [0.25, 0.3) is 23.4 Å². The van der Waals surface area contributed by atoms with Crippen molar-refractivity contribution < 1.29 is 33.3 Å². The quantitative estimate of drug-likeness (QED) is 0.429. The molecule has 1 aromatic heterocycles. The van der Waals surface area contributed by atoms with Crippen LogP contribution in [0.15, 0.2) is 60.0 Å². The summed E-state index contributed by atoms with van der Waals surface area (Å²) in [4.78, 5) is 0. The molecule has 0 radical (unpaired) electrons. The van der Waals surface area contributed by atoms with E-state index >= 15 is 0 Å². The number of nitrogens with zero attached hydrogens (tertiary/aromatic N) is 1. The third-order valence-electron chi connectivity index (χ3n) is 3.77. The Hall–Kier alpha value is -1.66. The van der Waals surface area contributed by atoms with E-state index < -0.39 is 0 Å². The summed E-state index contributed by atoms with van der Waals surface area (Å²) < 4.78 is 7.54. The van der Waals surface area contributed by atoms with Crippen LogP contribution in [0, 0.1) is 0 Å². The monoisotopic (exact) mass is 449 g/mol. The number of aromatic nitrogens is 1. The summed E-state index contributed by atoms with van der Waals surface area (Å²) in [5.41, 5.74) is 3.70. The van der Waals surface area contributed by atoms with Crippen molar-refractivity contribution in [1.82, 2.24) is 0 Å². The Morgan fingerprint density at radius 3 is 2.33 bits per heavy atom. The number of benzene rings is 2. The Balaban J connectivity index is 0.00000208. The normalized spacial score (nSPS) is 10.6. The molecule has 1 heterocycles. The van der Waals surface area contributed by atoms with E-state index in [-0.39, 0.29) is 24.0 Å². The highest BCUT2D eigenvalue weighted by Gasteiger charge is 2.17. The number of methoxy groups -OCH3 is 1. The molecule has 0 aliphatic carbocycles. The van der Waals surface area contributed by atoms with Crippen molar-refractivity contribution in [3.05, 3.63) is 70.5 Å². The summed E-state index contributed by atoms with van der Waals surface area (Å²) in [6, 6.07) is 18.6. The van der Waals surface area contributed by atoms with Crippen molar-refractivity contribution in [1.29, 1.82) is 0 Å². The second kappa shape index (κ2) is 8.99. The van der Waals surface area contributed by atoms with Gasteiger partial charge in [-0.25, -0.2) is 0 Å². The predicted octanol–water partition coefficient (Wildman–Crippen LogP) is 1.91. The van der Waals surface area contributed by atoms with E-state index in [2.05, 4.69) is 71.5 Å². The second-order valence-corrected chi connectivity index (χ2v) is 6.07. The molecular formula is C20H20INOS. The average Bonchev–Trinajstić information content (AvgIpc) is 3.04. The van der Waals surface area contributed by atoms with E-state index in [0.717, 1.165) is 12.3 Å². The highest BCUT2D eigenvalue weighted by Crippen LogP contribution is 2.21. The van der Waals surface area contributed by atoms with Gasteiger partial charge in [0.2, 0.25) is 5.69 Å². The highest BCUT2D eigenvalue weighted by atomic mass is 127. The topological polar surface area (TPSA) is 13.1 Å². The number of halogens is 1. The van der Waals surface area contributed by atoms with Gasteiger partial charge in [0.05, 0.1) is 12.5 Å². The van der Waals surface area contributed by atoms with Crippen molar-refractivity contribution in [2.75, 3.05) is 7.11 Å². The molecule has 0 amide bonds. The largest absolute Gasteiger partial charge is 1.00 e. The van der Waals surface area contributed by atoms with Gasteiger partial charge in [-0.3, -0.25) is 0 Å². The molecule has 3 rings (SSSR count). The molecule has 24 heavy (non-hydrogen) atoms. The van der Waals surface area contributed by atoms with Gasteiger partial charge in [-0.2, -0.15) is 4.57 Å². The smallest absolute Gasteiger partial charge is 0.262 e. The van der Waals surface area contributed by atoms with Crippen molar-refractivity contribution in [3.8, 4) is 17.0 Å². The minimum absolute atomic E-state index is 0. The Morgan fingerprint density at radius 2 is 1.71 bits per heavy atom. The van der Waals surface area contributed by atoms with Gasteiger partial charge in [-0.15, -0.1) is 0 Å². The standard InChI is InChI=1S/C20H20NOS.HI/c1-3-21-19(17-7-5-4-6-8-17)15-23-20(21)14-11-16-9-12-18(22-2)13-10-16;/h4-15H,3H2,1-2H3;1H/q+1;/p-1. The Labute approximate surface area is 164 Å².